The highest BCUT2D eigenvalue weighted by atomic mass is 32.2. The summed E-state index contributed by atoms with van der Waals surface area (Å²) in [4.78, 5) is 11.5. The van der Waals surface area contributed by atoms with Crippen molar-refractivity contribution in [1.82, 2.24) is 0 Å². The lowest BCUT2D eigenvalue weighted by Gasteiger charge is -2.11. The van der Waals surface area contributed by atoms with Gasteiger partial charge in [-0.3, -0.25) is 4.79 Å². The Morgan fingerprint density at radius 2 is 1.81 bits per heavy atom. The van der Waals surface area contributed by atoms with Crippen molar-refractivity contribution in [2.24, 2.45) is 0 Å². The molecule has 138 valence electrons. The molecule has 0 fully saturated rings. The van der Waals surface area contributed by atoms with Crippen molar-refractivity contribution < 1.29 is 14.3 Å². The van der Waals surface area contributed by atoms with Gasteiger partial charge in [0.25, 0.3) is 0 Å². The number of carboxylic acid groups (broad SMARTS) is 1. The van der Waals surface area contributed by atoms with Crippen LogP contribution < -0.4 is 5.32 Å². The Morgan fingerprint density at radius 3 is 2.52 bits per heavy atom. The van der Waals surface area contributed by atoms with Crippen molar-refractivity contribution in [3.63, 3.8) is 0 Å². The number of benzene rings is 3. The van der Waals surface area contributed by atoms with Crippen molar-refractivity contribution in [3.8, 4) is 11.1 Å². The van der Waals surface area contributed by atoms with Crippen LogP contribution in [0.25, 0.3) is 11.1 Å². The number of hydrogen-bond acceptors (Lipinski definition) is 3. The molecule has 0 atom stereocenters. The van der Waals surface area contributed by atoms with Crippen molar-refractivity contribution >= 4 is 23.4 Å². The number of rotatable bonds is 7. The lowest BCUT2D eigenvalue weighted by atomic mass is 9.98. The monoisotopic (exact) mass is 381 g/mol. The van der Waals surface area contributed by atoms with Gasteiger partial charge in [-0.2, -0.15) is 0 Å². The lowest BCUT2D eigenvalue weighted by Crippen LogP contribution is -2.02. The first-order valence-electron chi connectivity index (χ1n) is 8.56. The average Bonchev–Trinajstić information content (AvgIpc) is 2.67. The van der Waals surface area contributed by atoms with Gasteiger partial charge < -0.3 is 10.4 Å². The molecular weight excluding hydrogens is 361 g/mol. The predicted octanol–water partition coefficient (Wildman–Crippen LogP) is 5.59. The first kappa shape index (κ1) is 19.0. The van der Waals surface area contributed by atoms with Gasteiger partial charge in [0, 0.05) is 22.7 Å². The number of thioether (sulfide) groups is 1. The molecule has 3 aromatic carbocycles. The number of aliphatic carboxylic acids is 1. The van der Waals surface area contributed by atoms with Crippen LogP contribution in [0.4, 0.5) is 10.1 Å². The van der Waals surface area contributed by atoms with Gasteiger partial charge in [-0.05, 0) is 60.0 Å². The van der Waals surface area contributed by atoms with Gasteiger partial charge in [0.2, 0.25) is 0 Å². The van der Waals surface area contributed by atoms with Crippen LogP contribution in [0.2, 0.25) is 0 Å². The van der Waals surface area contributed by atoms with E-state index in [1.54, 1.807) is 6.07 Å². The SMILES string of the molecule is Cc1ccccc1-c1ccc(F)c(CNc2ccc(SCC(=O)O)cc2)c1. The minimum absolute atomic E-state index is 0.0314. The minimum Gasteiger partial charge on any atom is -0.481 e. The summed E-state index contributed by atoms with van der Waals surface area (Å²) in [6.45, 7) is 2.41. The van der Waals surface area contributed by atoms with Crippen LogP contribution in [0.1, 0.15) is 11.1 Å². The van der Waals surface area contributed by atoms with Gasteiger partial charge in [-0.15, -0.1) is 11.8 Å². The van der Waals surface area contributed by atoms with Crippen LogP contribution in [0.5, 0.6) is 0 Å². The third-order valence-electron chi connectivity index (χ3n) is 4.20. The van der Waals surface area contributed by atoms with Gasteiger partial charge >= 0.3 is 5.97 Å². The number of nitrogens with one attached hydrogen (secondary N) is 1. The number of anilines is 1. The maximum absolute atomic E-state index is 14.2. The molecular formula is C22H20FNO2S. The molecule has 0 bridgehead atoms. The molecule has 3 aromatic rings. The van der Waals surface area contributed by atoms with Crippen molar-refractivity contribution in [1.29, 1.82) is 0 Å². The zero-order chi connectivity index (χ0) is 19.2. The van der Waals surface area contributed by atoms with E-state index in [-0.39, 0.29) is 11.6 Å². The van der Waals surface area contributed by atoms with Crippen LogP contribution in [0.15, 0.2) is 71.6 Å². The van der Waals surface area contributed by atoms with E-state index in [9.17, 15) is 9.18 Å². The van der Waals surface area contributed by atoms with Crippen LogP contribution in [0.3, 0.4) is 0 Å². The summed E-state index contributed by atoms with van der Waals surface area (Å²) in [6, 6.07) is 20.7. The Kier molecular flexibility index (Phi) is 6.14. The average molecular weight is 381 g/mol. The quantitative estimate of drug-likeness (QED) is 0.524. The summed E-state index contributed by atoms with van der Waals surface area (Å²) >= 11 is 1.27. The molecule has 27 heavy (non-hydrogen) atoms. The second-order valence-electron chi connectivity index (χ2n) is 6.18. The van der Waals surface area contributed by atoms with E-state index in [1.165, 1.54) is 17.8 Å². The van der Waals surface area contributed by atoms with Crippen molar-refractivity contribution in [2.45, 2.75) is 18.4 Å². The van der Waals surface area contributed by atoms with Gasteiger partial charge in [0.15, 0.2) is 0 Å². The molecule has 0 amide bonds. The Labute approximate surface area is 162 Å². The Hall–Kier alpha value is -2.79. The highest BCUT2D eigenvalue weighted by Crippen LogP contribution is 2.26. The highest BCUT2D eigenvalue weighted by molar-refractivity contribution is 8.00. The van der Waals surface area contributed by atoms with Gasteiger partial charge in [0.1, 0.15) is 5.82 Å². The number of carbonyl (C=O) groups is 1. The fourth-order valence-electron chi connectivity index (χ4n) is 2.79. The molecule has 0 aliphatic heterocycles. The second-order valence-corrected chi connectivity index (χ2v) is 7.23. The molecule has 5 heteroatoms. The van der Waals surface area contributed by atoms with Gasteiger partial charge in [-0.1, -0.05) is 30.3 Å². The summed E-state index contributed by atoms with van der Waals surface area (Å²) in [6.07, 6.45) is 0. The molecule has 0 spiro atoms. The predicted molar refractivity (Wildman–Crippen MR) is 109 cm³/mol. The van der Waals surface area contributed by atoms with E-state index < -0.39 is 5.97 Å². The zero-order valence-corrected chi connectivity index (χ0v) is 15.7. The van der Waals surface area contributed by atoms with Crippen molar-refractivity contribution in [3.05, 3.63) is 83.7 Å². The Morgan fingerprint density at radius 1 is 1.07 bits per heavy atom. The smallest absolute Gasteiger partial charge is 0.313 e. The first-order chi connectivity index (χ1) is 13.0. The van der Waals surface area contributed by atoms with E-state index in [0.717, 1.165) is 27.3 Å². The van der Waals surface area contributed by atoms with E-state index in [4.69, 9.17) is 5.11 Å². The molecule has 0 aromatic heterocycles. The van der Waals surface area contributed by atoms with E-state index >= 15 is 0 Å². The first-order valence-corrected chi connectivity index (χ1v) is 9.54. The molecule has 0 saturated carbocycles. The Bertz CT molecular complexity index is 941. The second kappa shape index (κ2) is 8.73. The molecule has 3 nitrogen and oxygen atoms in total. The summed E-state index contributed by atoms with van der Waals surface area (Å²) < 4.78 is 14.2. The number of aryl methyl sites for hydroxylation is 1. The third-order valence-corrected chi connectivity index (χ3v) is 5.20. The number of hydrogen-bond donors (Lipinski definition) is 2. The van der Waals surface area contributed by atoms with E-state index in [0.29, 0.717) is 12.1 Å². The maximum atomic E-state index is 14.2. The minimum atomic E-state index is -0.841. The van der Waals surface area contributed by atoms with Crippen LogP contribution in [-0.2, 0) is 11.3 Å². The molecule has 0 unspecified atom stereocenters. The lowest BCUT2D eigenvalue weighted by molar-refractivity contribution is -0.133. The molecule has 0 heterocycles. The van der Waals surface area contributed by atoms with Crippen molar-refractivity contribution in [2.75, 3.05) is 11.1 Å². The van der Waals surface area contributed by atoms with E-state index in [1.807, 2.05) is 61.5 Å². The van der Waals surface area contributed by atoms with Gasteiger partial charge in [0.05, 0.1) is 5.75 Å². The topological polar surface area (TPSA) is 49.3 Å². The molecule has 0 aliphatic carbocycles. The molecule has 2 N–H and O–H groups in total. The summed E-state index contributed by atoms with van der Waals surface area (Å²) in [5, 5.41) is 11.9. The van der Waals surface area contributed by atoms with Crippen LogP contribution in [-0.4, -0.2) is 16.8 Å². The molecule has 0 aliphatic rings. The number of halogens is 1. The normalized spacial score (nSPS) is 10.6. The molecule has 0 saturated heterocycles. The molecule has 0 radical (unpaired) electrons. The fourth-order valence-corrected chi connectivity index (χ4v) is 3.40. The number of carboxylic acids is 1. The maximum Gasteiger partial charge on any atom is 0.313 e. The third kappa shape index (κ3) is 5.11. The van der Waals surface area contributed by atoms with Gasteiger partial charge in [-0.25, -0.2) is 4.39 Å². The summed E-state index contributed by atoms with van der Waals surface area (Å²) in [7, 11) is 0. The Balaban J connectivity index is 1.70. The van der Waals surface area contributed by atoms with Crippen LogP contribution >= 0.6 is 11.8 Å². The summed E-state index contributed by atoms with van der Waals surface area (Å²) in [5.41, 5.74) is 4.69. The van der Waals surface area contributed by atoms with Crippen LogP contribution in [0, 0.1) is 12.7 Å². The summed E-state index contributed by atoms with van der Waals surface area (Å²) in [5.74, 6) is -1.05. The zero-order valence-electron chi connectivity index (χ0n) is 14.9. The van der Waals surface area contributed by atoms with E-state index in [2.05, 4.69) is 5.32 Å². The fraction of sp³-hybridized carbons (Fsp3) is 0.136. The largest absolute Gasteiger partial charge is 0.481 e. The standard InChI is InChI=1S/C22H20FNO2S/c1-15-4-2-3-5-20(15)16-6-11-21(23)17(12-16)13-24-18-7-9-19(10-8-18)27-14-22(25)26/h2-12,24H,13-14H2,1H3,(H,25,26). The highest BCUT2D eigenvalue weighted by Gasteiger charge is 2.07. The molecule has 3 rings (SSSR count).